The Morgan fingerprint density at radius 1 is 1.32 bits per heavy atom. The van der Waals surface area contributed by atoms with Crippen LogP contribution < -0.4 is 20.1 Å². The average molecular weight is 266 g/mol. The molecule has 0 saturated carbocycles. The van der Waals surface area contributed by atoms with Gasteiger partial charge < -0.3 is 20.1 Å². The molecule has 19 heavy (non-hydrogen) atoms. The Balaban J connectivity index is 1.84. The summed E-state index contributed by atoms with van der Waals surface area (Å²) in [6.07, 6.45) is 3.70. The Labute approximate surface area is 113 Å². The summed E-state index contributed by atoms with van der Waals surface area (Å²) in [6, 6.07) is 1.66. The van der Waals surface area contributed by atoms with E-state index in [2.05, 4.69) is 20.6 Å². The molecule has 1 saturated heterocycles. The number of methoxy groups -OCH3 is 2. The summed E-state index contributed by atoms with van der Waals surface area (Å²) >= 11 is 0. The van der Waals surface area contributed by atoms with Crippen molar-refractivity contribution in [3.05, 3.63) is 6.07 Å². The van der Waals surface area contributed by atoms with Crippen LogP contribution in [0.5, 0.6) is 11.8 Å². The number of aromatic nitrogens is 2. The minimum Gasteiger partial charge on any atom is -0.481 e. The molecule has 0 aromatic carbocycles. The third-order valence-electron chi connectivity index (χ3n) is 3.33. The van der Waals surface area contributed by atoms with Crippen molar-refractivity contribution in [2.24, 2.45) is 5.92 Å². The summed E-state index contributed by atoms with van der Waals surface area (Å²) in [6.45, 7) is 3.13. The first-order valence-corrected chi connectivity index (χ1v) is 6.73. The standard InChI is InChI=1S/C13H22N4O2/c1-18-11-8-12(19-2)17-13(16-11)15-7-5-10-4-3-6-14-9-10/h8,10,14H,3-7,9H2,1-2H3,(H,15,16,17). The lowest BCUT2D eigenvalue weighted by Crippen LogP contribution is -2.30. The van der Waals surface area contributed by atoms with Crippen LogP contribution in [0.15, 0.2) is 6.07 Å². The van der Waals surface area contributed by atoms with E-state index in [4.69, 9.17) is 9.47 Å². The van der Waals surface area contributed by atoms with Crippen molar-refractivity contribution < 1.29 is 9.47 Å². The second-order valence-electron chi connectivity index (χ2n) is 4.70. The van der Waals surface area contributed by atoms with Crippen LogP contribution in [0.25, 0.3) is 0 Å². The zero-order valence-corrected chi connectivity index (χ0v) is 11.6. The zero-order chi connectivity index (χ0) is 13.5. The highest BCUT2D eigenvalue weighted by Gasteiger charge is 2.12. The van der Waals surface area contributed by atoms with Gasteiger partial charge in [0.2, 0.25) is 17.7 Å². The number of hydrogen-bond acceptors (Lipinski definition) is 6. The molecule has 1 aromatic heterocycles. The number of nitrogens with zero attached hydrogens (tertiary/aromatic N) is 2. The molecule has 1 aromatic rings. The van der Waals surface area contributed by atoms with E-state index in [-0.39, 0.29) is 0 Å². The number of anilines is 1. The fourth-order valence-electron chi connectivity index (χ4n) is 2.25. The number of piperidine rings is 1. The van der Waals surface area contributed by atoms with Gasteiger partial charge in [-0.25, -0.2) is 0 Å². The molecular formula is C13H22N4O2. The summed E-state index contributed by atoms with van der Waals surface area (Å²) < 4.78 is 10.2. The quantitative estimate of drug-likeness (QED) is 0.809. The van der Waals surface area contributed by atoms with Crippen LogP contribution in [0.3, 0.4) is 0 Å². The molecule has 2 heterocycles. The normalized spacial score (nSPS) is 18.9. The van der Waals surface area contributed by atoms with Crippen LogP contribution in [-0.2, 0) is 0 Å². The van der Waals surface area contributed by atoms with Crippen molar-refractivity contribution >= 4 is 5.95 Å². The van der Waals surface area contributed by atoms with Crippen LogP contribution in [0.4, 0.5) is 5.95 Å². The first kappa shape index (κ1) is 13.9. The first-order chi connectivity index (χ1) is 9.31. The van der Waals surface area contributed by atoms with Crippen molar-refractivity contribution in [1.29, 1.82) is 0 Å². The van der Waals surface area contributed by atoms with Gasteiger partial charge in [-0.05, 0) is 38.3 Å². The molecule has 1 aliphatic heterocycles. The van der Waals surface area contributed by atoms with Gasteiger partial charge in [0.15, 0.2) is 0 Å². The van der Waals surface area contributed by atoms with E-state index in [0.717, 1.165) is 32.0 Å². The first-order valence-electron chi connectivity index (χ1n) is 6.73. The number of ether oxygens (including phenoxy) is 2. The molecule has 0 radical (unpaired) electrons. The molecule has 106 valence electrons. The van der Waals surface area contributed by atoms with Crippen molar-refractivity contribution in [1.82, 2.24) is 15.3 Å². The van der Waals surface area contributed by atoms with Gasteiger partial charge >= 0.3 is 0 Å². The summed E-state index contributed by atoms with van der Waals surface area (Å²) in [4.78, 5) is 8.48. The van der Waals surface area contributed by atoms with Gasteiger partial charge in [-0.15, -0.1) is 0 Å². The van der Waals surface area contributed by atoms with Crippen LogP contribution in [0.1, 0.15) is 19.3 Å². The third kappa shape index (κ3) is 4.24. The molecular weight excluding hydrogens is 244 g/mol. The highest BCUT2D eigenvalue weighted by atomic mass is 16.5. The monoisotopic (exact) mass is 266 g/mol. The number of hydrogen-bond donors (Lipinski definition) is 2. The van der Waals surface area contributed by atoms with E-state index in [0.29, 0.717) is 17.7 Å². The van der Waals surface area contributed by atoms with Gasteiger partial charge in [-0.2, -0.15) is 9.97 Å². The van der Waals surface area contributed by atoms with Crippen molar-refractivity contribution in [3.8, 4) is 11.8 Å². The molecule has 0 amide bonds. The molecule has 0 spiro atoms. The molecule has 0 bridgehead atoms. The van der Waals surface area contributed by atoms with E-state index in [9.17, 15) is 0 Å². The van der Waals surface area contributed by atoms with E-state index < -0.39 is 0 Å². The molecule has 0 aliphatic carbocycles. The van der Waals surface area contributed by atoms with E-state index in [1.54, 1.807) is 20.3 Å². The average Bonchev–Trinajstić information content (AvgIpc) is 2.48. The number of rotatable bonds is 6. The predicted molar refractivity (Wildman–Crippen MR) is 73.8 cm³/mol. The zero-order valence-electron chi connectivity index (χ0n) is 11.6. The van der Waals surface area contributed by atoms with Crippen LogP contribution in [0, 0.1) is 5.92 Å². The van der Waals surface area contributed by atoms with Crippen LogP contribution in [0.2, 0.25) is 0 Å². The fraction of sp³-hybridized carbons (Fsp3) is 0.692. The van der Waals surface area contributed by atoms with Crippen LogP contribution >= 0.6 is 0 Å². The summed E-state index contributed by atoms with van der Waals surface area (Å²) in [5.41, 5.74) is 0. The molecule has 1 aliphatic rings. The van der Waals surface area contributed by atoms with Crippen LogP contribution in [-0.4, -0.2) is 43.8 Å². The Morgan fingerprint density at radius 3 is 2.63 bits per heavy atom. The minimum atomic E-state index is 0.508. The summed E-state index contributed by atoms with van der Waals surface area (Å²) in [5, 5.41) is 6.65. The van der Waals surface area contributed by atoms with E-state index in [1.807, 2.05) is 0 Å². The van der Waals surface area contributed by atoms with Gasteiger partial charge in [0.25, 0.3) is 0 Å². The summed E-state index contributed by atoms with van der Waals surface area (Å²) in [5.74, 6) is 2.32. The second kappa shape index (κ2) is 7.13. The topological polar surface area (TPSA) is 68.3 Å². The lowest BCUT2D eigenvalue weighted by Gasteiger charge is -2.22. The lowest BCUT2D eigenvalue weighted by atomic mass is 9.96. The highest BCUT2D eigenvalue weighted by Crippen LogP contribution is 2.18. The Morgan fingerprint density at radius 2 is 2.05 bits per heavy atom. The van der Waals surface area contributed by atoms with Gasteiger partial charge in [0, 0.05) is 6.54 Å². The molecule has 1 unspecified atom stereocenters. The van der Waals surface area contributed by atoms with E-state index >= 15 is 0 Å². The Kier molecular flexibility index (Phi) is 5.20. The molecule has 2 N–H and O–H groups in total. The SMILES string of the molecule is COc1cc(OC)nc(NCCC2CCCNC2)n1. The number of nitrogens with one attached hydrogen (secondary N) is 2. The van der Waals surface area contributed by atoms with Crippen molar-refractivity contribution in [2.75, 3.05) is 39.2 Å². The van der Waals surface area contributed by atoms with Gasteiger partial charge in [-0.3, -0.25) is 0 Å². The second-order valence-corrected chi connectivity index (χ2v) is 4.70. The molecule has 1 atom stereocenters. The maximum atomic E-state index is 5.11. The molecule has 6 nitrogen and oxygen atoms in total. The van der Waals surface area contributed by atoms with E-state index in [1.165, 1.54) is 12.8 Å². The largest absolute Gasteiger partial charge is 0.481 e. The smallest absolute Gasteiger partial charge is 0.229 e. The molecule has 1 fully saturated rings. The fourth-order valence-corrected chi connectivity index (χ4v) is 2.25. The van der Waals surface area contributed by atoms with Gasteiger partial charge in [0.05, 0.1) is 20.3 Å². The predicted octanol–water partition coefficient (Wildman–Crippen LogP) is 1.30. The molecule has 6 heteroatoms. The van der Waals surface area contributed by atoms with Crippen molar-refractivity contribution in [2.45, 2.75) is 19.3 Å². The highest BCUT2D eigenvalue weighted by molar-refractivity contribution is 5.33. The maximum absolute atomic E-state index is 5.11. The third-order valence-corrected chi connectivity index (χ3v) is 3.33. The lowest BCUT2D eigenvalue weighted by molar-refractivity contribution is 0.363. The van der Waals surface area contributed by atoms with Crippen molar-refractivity contribution in [3.63, 3.8) is 0 Å². The van der Waals surface area contributed by atoms with Gasteiger partial charge in [0.1, 0.15) is 0 Å². The minimum absolute atomic E-state index is 0.508. The maximum Gasteiger partial charge on any atom is 0.229 e. The Bertz CT molecular complexity index is 372. The molecule has 2 rings (SSSR count). The van der Waals surface area contributed by atoms with Gasteiger partial charge in [-0.1, -0.05) is 0 Å². The Hall–Kier alpha value is -1.56. The summed E-state index contributed by atoms with van der Waals surface area (Å²) in [7, 11) is 3.17.